The van der Waals surface area contributed by atoms with Crippen LogP contribution in [0.4, 0.5) is 0 Å². The van der Waals surface area contributed by atoms with Gasteiger partial charge in [0.2, 0.25) is 0 Å². The number of phenolic OH excluding ortho intramolecular Hbond substituents is 1. The van der Waals surface area contributed by atoms with Crippen molar-refractivity contribution in [3.05, 3.63) is 28.8 Å². The predicted molar refractivity (Wildman–Crippen MR) is 58.8 cm³/mol. The number of rotatable bonds is 1. The molecule has 1 aromatic carbocycles. The van der Waals surface area contributed by atoms with E-state index in [1.165, 1.54) is 23.1 Å². The number of hydrogen-bond acceptors (Lipinski definition) is 1. The number of fused-ring (bicyclic) bond motifs is 1. The van der Waals surface area contributed by atoms with Crippen LogP contribution in [0.25, 0.3) is 0 Å². The molecule has 1 atom stereocenters. The minimum atomic E-state index is 0.432. The second-order valence-corrected chi connectivity index (χ2v) is 4.84. The summed E-state index contributed by atoms with van der Waals surface area (Å²) in [5.41, 5.74) is 4.19. The summed E-state index contributed by atoms with van der Waals surface area (Å²) in [5.74, 6) is 1.69. The van der Waals surface area contributed by atoms with Crippen molar-refractivity contribution >= 4 is 0 Å². The van der Waals surface area contributed by atoms with E-state index in [0.717, 1.165) is 12.3 Å². The van der Waals surface area contributed by atoms with E-state index in [4.69, 9.17) is 0 Å². The maximum absolute atomic E-state index is 9.61. The Hall–Kier alpha value is -0.980. The van der Waals surface area contributed by atoms with Gasteiger partial charge in [-0.2, -0.15) is 0 Å². The molecule has 0 spiro atoms. The largest absolute Gasteiger partial charge is 0.508 e. The molecule has 0 heterocycles. The van der Waals surface area contributed by atoms with Gasteiger partial charge in [-0.3, -0.25) is 0 Å². The zero-order chi connectivity index (χ0) is 10.3. The zero-order valence-electron chi connectivity index (χ0n) is 9.17. The van der Waals surface area contributed by atoms with Gasteiger partial charge in [0.1, 0.15) is 5.75 Å². The van der Waals surface area contributed by atoms with Crippen LogP contribution < -0.4 is 0 Å². The molecule has 0 radical (unpaired) electrons. The maximum atomic E-state index is 9.61. The highest BCUT2D eigenvalue weighted by Gasteiger charge is 2.22. The molecule has 76 valence electrons. The van der Waals surface area contributed by atoms with Gasteiger partial charge < -0.3 is 5.11 Å². The smallest absolute Gasteiger partial charge is 0.116 e. The van der Waals surface area contributed by atoms with Gasteiger partial charge in [-0.05, 0) is 53.5 Å². The van der Waals surface area contributed by atoms with Gasteiger partial charge in [0, 0.05) is 0 Å². The van der Waals surface area contributed by atoms with Crippen molar-refractivity contribution in [1.29, 1.82) is 0 Å². The molecule has 1 heteroatoms. The van der Waals surface area contributed by atoms with E-state index < -0.39 is 0 Å². The van der Waals surface area contributed by atoms with Gasteiger partial charge >= 0.3 is 0 Å². The van der Waals surface area contributed by atoms with Crippen LogP contribution in [0.1, 0.15) is 43.4 Å². The lowest BCUT2D eigenvalue weighted by Gasteiger charge is -2.12. The Labute approximate surface area is 85.8 Å². The molecule has 1 aliphatic carbocycles. The second kappa shape index (κ2) is 3.30. The Morgan fingerprint density at radius 1 is 1.29 bits per heavy atom. The van der Waals surface area contributed by atoms with Crippen molar-refractivity contribution in [2.45, 2.75) is 39.5 Å². The number of aromatic hydroxyl groups is 1. The van der Waals surface area contributed by atoms with E-state index in [0.29, 0.717) is 11.7 Å². The molecular weight excluding hydrogens is 172 g/mol. The van der Waals surface area contributed by atoms with Gasteiger partial charge in [0.05, 0.1) is 0 Å². The first-order chi connectivity index (χ1) is 6.58. The fourth-order valence-electron chi connectivity index (χ4n) is 2.48. The molecule has 1 N–H and O–H groups in total. The Morgan fingerprint density at radius 2 is 2.00 bits per heavy atom. The summed E-state index contributed by atoms with van der Waals surface area (Å²) in [6.07, 6.45) is 2.31. The monoisotopic (exact) mass is 190 g/mol. The van der Waals surface area contributed by atoms with E-state index in [-0.39, 0.29) is 0 Å². The molecule has 0 aliphatic heterocycles. The van der Waals surface area contributed by atoms with Crippen LogP contribution in [0.2, 0.25) is 0 Å². The summed E-state index contributed by atoms with van der Waals surface area (Å²) < 4.78 is 0. The molecule has 0 saturated heterocycles. The summed E-state index contributed by atoms with van der Waals surface area (Å²) >= 11 is 0. The first-order valence-electron chi connectivity index (χ1n) is 5.42. The van der Waals surface area contributed by atoms with Crippen molar-refractivity contribution in [3.8, 4) is 5.75 Å². The van der Waals surface area contributed by atoms with Crippen LogP contribution in [0.3, 0.4) is 0 Å². The molecule has 1 unspecified atom stereocenters. The van der Waals surface area contributed by atoms with Gasteiger partial charge in [-0.25, -0.2) is 0 Å². The third-order valence-corrected chi connectivity index (χ3v) is 3.10. The first kappa shape index (κ1) is 9.57. The fraction of sp³-hybridized carbons (Fsp3) is 0.538. The van der Waals surface area contributed by atoms with Crippen LogP contribution in [0, 0.1) is 5.92 Å². The molecule has 0 fully saturated rings. The Balaban J connectivity index is 2.52. The Morgan fingerprint density at radius 3 is 2.64 bits per heavy atom. The second-order valence-electron chi connectivity index (χ2n) is 4.84. The van der Waals surface area contributed by atoms with Crippen molar-refractivity contribution in [2.24, 2.45) is 5.92 Å². The normalized spacial score (nSPS) is 20.1. The zero-order valence-corrected chi connectivity index (χ0v) is 9.17. The summed E-state index contributed by atoms with van der Waals surface area (Å²) in [6.45, 7) is 6.66. The highest BCUT2D eigenvalue weighted by atomic mass is 16.3. The van der Waals surface area contributed by atoms with Crippen LogP contribution in [-0.2, 0) is 12.8 Å². The van der Waals surface area contributed by atoms with Crippen LogP contribution in [-0.4, -0.2) is 5.11 Å². The standard InChI is InChI=1S/C13H18O/c1-8(2)12-7-11(14)6-10-4-9(3)5-13(10)12/h6-9,14H,4-5H2,1-3H3. The summed E-state index contributed by atoms with van der Waals surface area (Å²) in [5, 5.41) is 9.61. The third-order valence-electron chi connectivity index (χ3n) is 3.10. The molecule has 0 saturated carbocycles. The van der Waals surface area contributed by atoms with Gasteiger partial charge in [0.25, 0.3) is 0 Å². The van der Waals surface area contributed by atoms with Crippen molar-refractivity contribution in [2.75, 3.05) is 0 Å². The highest BCUT2D eigenvalue weighted by molar-refractivity contribution is 5.46. The molecule has 0 aromatic heterocycles. The van der Waals surface area contributed by atoms with Gasteiger partial charge in [-0.15, -0.1) is 0 Å². The minimum Gasteiger partial charge on any atom is -0.508 e. The summed E-state index contributed by atoms with van der Waals surface area (Å²) in [6, 6.07) is 3.87. The SMILES string of the molecule is CC1Cc2cc(O)cc(C(C)C)c2C1. The molecule has 1 nitrogen and oxygen atoms in total. The summed E-state index contributed by atoms with van der Waals surface area (Å²) in [4.78, 5) is 0. The quantitative estimate of drug-likeness (QED) is 0.720. The van der Waals surface area contributed by atoms with E-state index in [1.807, 2.05) is 12.1 Å². The predicted octanol–water partition coefficient (Wildman–Crippen LogP) is 3.25. The number of benzene rings is 1. The Kier molecular flexibility index (Phi) is 2.26. The van der Waals surface area contributed by atoms with E-state index in [2.05, 4.69) is 20.8 Å². The topological polar surface area (TPSA) is 20.2 Å². The van der Waals surface area contributed by atoms with E-state index in [1.54, 1.807) is 0 Å². The van der Waals surface area contributed by atoms with Crippen molar-refractivity contribution < 1.29 is 5.11 Å². The highest BCUT2D eigenvalue weighted by Crippen LogP contribution is 2.35. The number of hydrogen-bond donors (Lipinski definition) is 1. The van der Waals surface area contributed by atoms with E-state index in [9.17, 15) is 5.11 Å². The van der Waals surface area contributed by atoms with Gasteiger partial charge in [-0.1, -0.05) is 20.8 Å². The van der Waals surface area contributed by atoms with Crippen molar-refractivity contribution in [1.82, 2.24) is 0 Å². The maximum Gasteiger partial charge on any atom is 0.116 e. The van der Waals surface area contributed by atoms with Crippen molar-refractivity contribution in [3.63, 3.8) is 0 Å². The molecule has 0 amide bonds. The van der Waals surface area contributed by atoms with Crippen LogP contribution in [0.15, 0.2) is 12.1 Å². The van der Waals surface area contributed by atoms with Gasteiger partial charge in [0.15, 0.2) is 0 Å². The van der Waals surface area contributed by atoms with Crippen LogP contribution >= 0.6 is 0 Å². The molecule has 1 aliphatic rings. The minimum absolute atomic E-state index is 0.432. The first-order valence-corrected chi connectivity index (χ1v) is 5.42. The van der Waals surface area contributed by atoms with Crippen LogP contribution in [0.5, 0.6) is 5.75 Å². The molecule has 0 bridgehead atoms. The lowest BCUT2D eigenvalue weighted by atomic mass is 9.94. The number of phenols is 1. The lowest BCUT2D eigenvalue weighted by Crippen LogP contribution is -1.96. The summed E-state index contributed by atoms with van der Waals surface area (Å²) in [7, 11) is 0. The molecule has 1 aromatic rings. The average molecular weight is 190 g/mol. The third kappa shape index (κ3) is 1.52. The van der Waals surface area contributed by atoms with E-state index >= 15 is 0 Å². The lowest BCUT2D eigenvalue weighted by molar-refractivity contribution is 0.473. The Bertz CT molecular complexity index is 352. The molecule has 14 heavy (non-hydrogen) atoms. The average Bonchev–Trinajstić information content (AvgIpc) is 2.42. The fourth-order valence-corrected chi connectivity index (χ4v) is 2.48. The molecule has 2 rings (SSSR count). The molecular formula is C13H18O.